The van der Waals surface area contributed by atoms with Crippen LogP contribution in [0.1, 0.15) is 79.6 Å². The number of amides is 2. The minimum absolute atomic E-state index is 0.00261. The van der Waals surface area contributed by atoms with Crippen molar-refractivity contribution in [2.75, 3.05) is 19.7 Å². The zero-order valence-corrected chi connectivity index (χ0v) is 25.0. The van der Waals surface area contributed by atoms with Crippen molar-refractivity contribution in [2.24, 2.45) is 11.8 Å². The van der Waals surface area contributed by atoms with Crippen LogP contribution in [0.5, 0.6) is 0 Å². The molecule has 2 N–H and O–H groups in total. The molecule has 0 saturated carbocycles. The molecule has 0 aliphatic carbocycles. The highest BCUT2D eigenvalue weighted by molar-refractivity contribution is 5.87. The number of carbonyl (C=O) groups is 2. The lowest BCUT2D eigenvalue weighted by molar-refractivity contribution is -0.151. The molecule has 1 spiro atoms. The minimum Gasteiger partial charge on any atom is -0.387 e. The first-order chi connectivity index (χ1) is 19.1. The Hall–Kier alpha value is -2.00. The summed E-state index contributed by atoms with van der Waals surface area (Å²) in [6.07, 6.45) is 13.9. The molecule has 0 aromatic heterocycles. The number of nitrogens with zero attached hydrogens (tertiary/aromatic N) is 1. The van der Waals surface area contributed by atoms with Crippen molar-refractivity contribution in [3.8, 4) is 0 Å². The van der Waals surface area contributed by atoms with E-state index in [-0.39, 0.29) is 36.2 Å². The molecule has 4 saturated heterocycles. The number of hydrogen-bond donors (Lipinski definition) is 2. The fourth-order valence-electron chi connectivity index (χ4n) is 6.11. The molecule has 4 fully saturated rings. The maximum Gasteiger partial charge on any atom is 0.243 e. The fourth-order valence-corrected chi connectivity index (χ4v) is 6.11. The molecular weight excluding hydrogens is 508 g/mol. The van der Waals surface area contributed by atoms with Crippen molar-refractivity contribution >= 4 is 11.8 Å². The van der Waals surface area contributed by atoms with Gasteiger partial charge >= 0.3 is 0 Å². The fraction of sp³-hybridized carbons (Fsp3) is 0.750. The van der Waals surface area contributed by atoms with Crippen LogP contribution in [0.25, 0.3) is 0 Å². The lowest BCUT2D eigenvalue weighted by Crippen LogP contribution is -2.51. The first-order valence-electron chi connectivity index (χ1n) is 15.3. The van der Waals surface area contributed by atoms with Gasteiger partial charge in [0.25, 0.3) is 0 Å². The number of rotatable bonds is 9. The van der Waals surface area contributed by atoms with Gasteiger partial charge in [-0.15, -0.1) is 0 Å². The predicted octanol–water partition coefficient (Wildman–Crippen LogP) is 4.08. The van der Waals surface area contributed by atoms with Gasteiger partial charge in [-0.1, -0.05) is 50.6 Å². The number of likely N-dealkylation sites (tertiary alicyclic amines) is 1. The van der Waals surface area contributed by atoms with E-state index in [0.717, 1.165) is 44.3 Å². The Morgan fingerprint density at radius 3 is 2.52 bits per heavy atom. The van der Waals surface area contributed by atoms with E-state index in [1.54, 1.807) is 6.08 Å². The van der Waals surface area contributed by atoms with Gasteiger partial charge in [-0.05, 0) is 63.9 Å². The molecule has 4 aliphatic heterocycles. The van der Waals surface area contributed by atoms with Crippen LogP contribution in [-0.2, 0) is 23.8 Å². The van der Waals surface area contributed by atoms with Gasteiger partial charge in [0.2, 0.25) is 11.8 Å². The summed E-state index contributed by atoms with van der Waals surface area (Å²) in [5.74, 6) is 0.714. The number of carbonyl (C=O) groups excluding carboxylic acids is 2. The number of aliphatic hydroxyl groups is 1. The largest absolute Gasteiger partial charge is 0.387 e. The van der Waals surface area contributed by atoms with Crippen molar-refractivity contribution in [1.82, 2.24) is 10.2 Å². The van der Waals surface area contributed by atoms with Crippen molar-refractivity contribution < 1.29 is 28.9 Å². The highest BCUT2D eigenvalue weighted by Crippen LogP contribution is 2.43. The van der Waals surface area contributed by atoms with E-state index in [0.29, 0.717) is 31.3 Å². The van der Waals surface area contributed by atoms with Gasteiger partial charge in [-0.25, -0.2) is 0 Å². The standard InChI is InChI=1S/C32H50N2O6/c1-21(2)9-14-29(35)33-26-17-23(4)27(39-24(26)5)12-10-22(3)11-13-28-31(37)32(20-38-32)19-25(40-28)18-30(36)34-15-7-6-8-16-34/h9-11,13-14,21,23-28,31,37H,6-8,12,15-20H2,1-5H3,(H,33,35)/b13-11+,14-9-,22-10+/t23-,24+,25+,26+,27-,28+,31+,32+/m0/s1. The second-order valence-electron chi connectivity index (χ2n) is 12.7. The summed E-state index contributed by atoms with van der Waals surface area (Å²) in [7, 11) is 0. The van der Waals surface area contributed by atoms with E-state index in [4.69, 9.17) is 14.2 Å². The molecule has 0 unspecified atom stereocenters. The maximum absolute atomic E-state index is 12.8. The third-order valence-electron chi connectivity index (χ3n) is 8.80. The zero-order valence-electron chi connectivity index (χ0n) is 25.0. The molecule has 8 heteroatoms. The number of ether oxygens (including phenoxy) is 3. The van der Waals surface area contributed by atoms with Crippen molar-refractivity contribution in [3.05, 3.63) is 36.0 Å². The normalized spacial score (nSPS) is 37.0. The van der Waals surface area contributed by atoms with Crippen molar-refractivity contribution in [3.63, 3.8) is 0 Å². The van der Waals surface area contributed by atoms with Crippen LogP contribution in [-0.4, -0.2) is 83.7 Å². The quantitative estimate of drug-likeness (QED) is 0.251. The highest BCUT2D eigenvalue weighted by atomic mass is 16.6. The highest BCUT2D eigenvalue weighted by Gasteiger charge is 2.58. The molecule has 224 valence electrons. The summed E-state index contributed by atoms with van der Waals surface area (Å²) in [5, 5.41) is 14.0. The Morgan fingerprint density at radius 1 is 1.12 bits per heavy atom. The second kappa shape index (κ2) is 13.8. The Balaban J connectivity index is 1.28. The van der Waals surface area contributed by atoms with Crippen molar-refractivity contribution in [1.29, 1.82) is 0 Å². The van der Waals surface area contributed by atoms with Crippen molar-refractivity contribution in [2.45, 2.75) is 122 Å². The lowest BCUT2D eigenvalue weighted by Gasteiger charge is -2.39. The number of piperidine rings is 1. The van der Waals surface area contributed by atoms with Crippen LogP contribution < -0.4 is 5.32 Å². The summed E-state index contributed by atoms with van der Waals surface area (Å²) in [5.41, 5.74) is 0.473. The third kappa shape index (κ3) is 8.28. The lowest BCUT2D eigenvalue weighted by atomic mass is 9.87. The number of allylic oxidation sites excluding steroid dienone is 3. The average molecular weight is 559 g/mol. The SMILES string of the molecule is CC(/C=C/[C@H]1O[C@H](CC(=O)N2CCCCC2)C[C@@]2(CO2)[C@@H]1O)=C\C[C@@H]1O[C@H](C)[C@H](NC(=O)/C=C\C(C)C)C[C@@H]1C. The number of epoxide rings is 1. The predicted molar refractivity (Wildman–Crippen MR) is 155 cm³/mol. The molecule has 2 amide bonds. The van der Waals surface area contributed by atoms with Crippen LogP contribution in [0.2, 0.25) is 0 Å². The van der Waals surface area contributed by atoms with Gasteiger partial charge in [-0.3, -0.25) is 9.59 Å². The van der Waals surface area contributed by atoms with Gasteiger partial charge in [-0.2, -0.15) is 0 Å². The molecule has 4 heterocycles. The second-order valence-corrected chi connectivity index (χ2v) is 12.7. The molecule has 0 aromatic carbocycles. The Morgan fingerprint density at radius 2 is 1.85 bits per heavy atom. The first kappa shape index (κ1) is 30.9. The van der Waals surface area contributed by atoms with Crippen LogP contribution in [0, 0.1) is 11.8 Å². The molecule has 8 atom stereocenters. The van der Waals surface area contributed by atoms with Gasteiger partial charge in [0, 0.05) is 19.5 Å². The van der Waals surface area contributed by atoms with Gasteiger partial charge in [0.15, 0.2) is 0 Å². The molecule has 0 radical (unpaired) electrons. The topological polar surface area (TPSA) is 101 Å². The third-order valence-corrected chi connectivity index (χ3v) is 8.80. The molecule has 4 rings (SSSR count). The smallest absolute Gasteiger partial charge is 0.243 e. The van der Waals surface area contributed by atoms with Gasteiger partial charge in [0.05, 0.1) is 37.4 Å². The van der Waals surface area contributed by atoms with E-state index in [9.17, 15) is 14.7 Å². The summed E-state index contributed by atoms with van der Waals surface area (Å²) in [6.45, 7) is 12.5. The monoisotopic (exact) mass is 558 g/mol. The molecule has 0 bridgehead atoms. The van der Waals surface area contributed by atoms with Crippen LogP contribution in [0.15, 0.2) is 36.0 Å². The van der Waals surface area contributed by atoms with E-state index in [1.165, 1.54) is 6.42 Å². The maximum atomic E-state index is 12.8. The van der Waals surface area contributed by atoms with Gasteiger partial charge in [0.1, 0.15) is 17.8 Å². The van der Waals surface area contributed by atoms with E-state index in [1.807, 2.05) is 50.8 Å². The zero-order chi connectivity index (χ0) is 28.9. The number of hydrogen-bond acceptors (Lipinski definition) is 6. The molecule has 8 nitrogen and oxygen atoms in total. The molecule has 40 heavy (non-hydrogen) atoms. The molecule has 0 aromatic rings. The van der Waals surface area contributed by atoms with Crippen LogP contribution >= 0.6 is 0 Å². The first-order valence-corrected chi connectivity index (χ1v) is 15.3. The van der Waals surface area contributed by atoms with E-state index >= 15 is 0 Å². The minimum atomic E-state index is -0.747. The Labute approximate surface area is 240 Å². The van der Waals surface area contributed by atoms with Crippen LogP contribution in [0.3, 0.4) is 0 Å². The molecule has 4 aliphatic rings. The summed E-state index contributed by atoms with van der Waals surface area (Å²) in [6, 6.07) is -0.00261. The molecular formula is C32H50N2O6. The number of nitrogens with one attached hydrogen (secondary N) is 1. The van der Waals surface area contributed by atoms with Crippen LogP contribution in [0.4, 0.5) is 0 Å². The Kier molecular flexibility index (Phi) is 10.7. The van der Waals surface area contributed by atoms with Gasteiger partial charge < -0.3 is 29.5 Å². The van der Waals surface area contributed by atoms with E-state index in [2.05, 4.69) is 18.3 Å². The average Bonchev–Trinajstić information content (AvgIpc) is 3.70. The summed E-state index contributed by atoms with van der Waals surface area (Å²) >= 11 is 0. The summed E-state index contributed by atoms with van der Waals surface area (Å²) in [4.78, 5) is 27.0. The van der Waals surface area contributed by atoms with E-state index < -0.39 is 17.8 Å². The summed E-state index contributed by atoms with van der Waals surface area (Å²) < 4.78 is 18.2. The Bertz CT molecular complexity index is 964. The number of aliphatic hydroxyl groups excluding tert-OH is 1.